The van der Waals surface area contributed by atoms with E-state index in [4.69, 9.17) is 15.2 Å². The molecule has 8 heteroatoms. The minimum absolute atomic E-state index is 0.317. The molecule has 3 aliphatic rings. The van der Waals surface area contributed by atoms with Crippen LogP contribution in [0.25, 0.3) is 0 Å². The average molecular weight is 406 g/mol. The highest BCUT2D eigenvalue weighted by atomic mass is 79.9. The zero-order valence-electron chi connectivity index (χ0n) is 12.8. The monoisotopic (exact) mass is 405 g/mol. The van der Waals surface area contributed by atoms with Crippen LogP contribution in [-0.4, -0.2) is 30.4 Å². The van der Waals surface area contributed by atoms with E-state index in [0.29, 0.717) is 18.2 Å². The number of nitrogens with one attached hydrogen (secondary N) is 1. The summed E-state index contributed by atoms with van der Waals surface area (Å²) in [7, 11) is 1.59. The highest BCUT2D eigenvalue weighted by Gasteiger charge is 2.96. The van der Waals surface area contributed by atoms with Crippen LogP contribution in [0, 0.1) is 33.5 Å². The van der Waals surface area contributed by atoms with Crippen LogP contribution in [-0.2, 0) is 4.74 Å². The van der Waals surface area contributed by atoms with Crippen molar-refractivity contribution in [3.05, 3.63) is 28.2 Å². The van der Waals surface area contributed by atoms with Gasteiger partial charge in [0.1, 0.15) is 5.75 Å². The lowest BCUT2D eigenvalue weighted by atomic mass is 9.95. The molecule has 0 radical (unpaired) electrons. The van der Waals surface area contributed by atoms with Crippen LogP contribution in [0.3, 0.4) is 0 Å². The number of rotatable bonds is 2. The number of benzene rings is 1. The van der Waals surface area contributed by atoms with Gasteiger partial charge in [-0.1, -0.05) is 17.8 Å². The van der Waals surface area contributed by atoms with Gasteiger partial charge in [0.2, 0.25) is 0 Å². The van der Waals surface area contributed by atoms with Crippen LogP contribution in [0.1, 0.15) is 11.5 Å². The lowest BCUT2D eigenvalue weighted by Crippen LogP contribution is -2.88. The first-order valence-corrected chi connectivity index (χ1v) is 9.16. The van der Waals surface area contributed by atoms with Gasteiger partial charge in [-0.2, -0.15) is 10.5 Å². The van der Waals surface area contributed by atoms with Crippen molar-refractivity contribution in [2.24, 2.45) is 16.6 Å². The first kappa shape index (κ1) is 15.8. The molecule has 6 nitrogen and oxygen atoms in total. The quantitative estimate of drug-likeness (QED) is 0.739. The molecule has 1 saturated heterocycles. The molecule has 2 fully saturated rings. The normalized spacial score (nSPS) is 39.0. The van der Waals surface area contributed by atoms with Crippen LogP contribution >= 0.6 is 27.7 Å². The molecule has 4 atom stereocenters. The van der Waals surface area contributed by atoms with Gasteiger partial charge in [-0.15, -0.1) is 0 Å². The minimum Gasteiger partial charge on any atom is -0.496 e. The molecule has 0 bridgehead atoms. The Morgan fingerprint density at radius 1 is 1.46 bits per heavy atom. The van der Waals surface area contributed by atoms with E-state index in [9.17, 15) is 10.5 Å². The predicted molar refractivity (Wildman–Crippen MR) is 90.8 cm³/mol. The molecule has 122 valence electrons. The molecule has 1 aromatic carbocycles. The van der Waals surface area contributed by atoms with Gasteiger partial charge >= 0.3 is 0 Å². The molecule has 1 aromatic rings. The number of thioether (sulfide) groups is 1. The van der Waals surface area contributed by atoms with Crippen LogP contribution < -0.4 is 15.5 Å². The number of nitrogens with two attached hydrogens (primary N) is 1. The van der Waals surface area contributed by atoms with Crippen molar-refractivity contribution in [3.63, 3.8) is 0 Å². The maximum absolute atomic E-state index is 10.1. The number of ether oxygens (including phenoxy) is 2. The third-order valence-electron chi connectivity index (χ3n) is 5.20. The largest absolute Gasteiger partial charge is 0.496 e. The summed E-state index contributed by atoms with van der Waals surface area (Å²) >= 11 is 4.98. The fraction of sp³-hybridized carbons (Fsp3) is 0.438. The second-order valence-electron chi connectivity index (χ2n) is 6.02. The van der Waals surface area contributed by atoms with Crippen molar-refractivity contribution in [2.75, 3.05) is 19.5 Å². The van der Waals surface area contributed by atoms with E-state index in [1.165, 1.54) is 11.8 Å². The second-order valence-corrected chi connectivity index (χ2v) is 8.14. The molecule has 1 aliphatic carbocycles. The topological polar surface area (TPSA) is 106 Å². The fourth-order valence-corrected chi connectivity index (χ4v) is 6.09. The molecule has 3 N–H and O–H groups in total. The summed E-state index contributed by atoms with van der Waals surface area (Å²) in [5, 5.41) is 19.0. The van der Waals surface area contributed by atoms with Gasteiger partial charge in [0, 0.05) is 11.7 Å². The van der Waals surface area contributed by atoms with Crippen molar-refractivity contribution in [3.8, 4) is 17.9 Å². The Morgan fingerprint density at radius 2 is 2.25 bits per heavy atom. The summed E-state index contributed by atoms with van der Waals surface area (Å²) < 4.78 is 12.0. The van der Waals surface area contributed by atoms with Crippen molar-refractivity contribution >= 4 is 33.5 Å². The van der Waals surface area contributed by atoms with Gasteiger partial charge in [0.25, 0.3) is 10.9 Å². The highest BCUT2D eigenvalue weighted by Crippen LogP contribution is 2.80. The van der Waals surface area contributed by atoms with Gasteiger partial charge in [-0.25, -0.2) is 4.99 Å². The van der Waals surface area contributed by atoms with Crippen molar-refractivity contribution in [2.45, 2.75) is 11.0 Å². The number of halogens is 1. The number of nitrogens with zero attached hydrogens (tertiary/aromatic N) is 2. The van der Waals surface area contributed by atoms with E-state index in [1.54, 1.807) is 7.11 Å². The van der Waals surface area contributed by atoms with Crippen molar-refractivity contribution in [1.82, 2.24) is 0 Å². The molecule has 0 amide bonds. The standard InChI is InChI=1S/C16H13BrN4O2S/c1-22-11-3-2-9(6-10(11)17)12-14(7-18)13(20)21-16(15(12,14)8-19)23-4-5-24-16/h2-3,6,12H,4-5H2,1H3,(H2,20,21)/p+1/t12-,14-,15-,16-/m1/s1. The van der Waals surface area contributed by atoms with E-state index in [0.717, 1.165) is 15.8 Å². The van der Waals surface area contributed by atoms with Gasteiger partial charge in [-0.3, -0.25) is 5.73 Å². The molecule has 4 rings (SSSR count). The number of nitriles is 2. The molecular formula is C16H14BrN4O2S+. The third kappa shape index (κ3) is 1.48. The number of methoxy groups -OCH3 is 1. The lowest BCUT2D eigenvalue weighted by Gasteiger charge is -2.23. The third-order valence-corrected chi connectivity index (χ3v) is 7.14. The summed E-state index contributed by atoms with van der Waals surface area (Å²) in [5.74, 6) is 1.41. The SMILES string of the molecule is COc1ccc([C@H]2[C@@]3(C#N)[C@@]4([NH+]=C(N)[C@@]23C#N)OCCS4)cc1Br. The van der Waals surface area contributed by atoms with Gasteiger partial charge < -0.3 is 9.47 Å². The highest BCUT2D eigenvalue weighted by molar-refractivity contribution is 9.10. The van der Waals surface area contributed by atoms with Gasteiger partial charge in [0.15, 0.2) is 10.8 Å². The summed E-state index contributed by atoms with van der Waals surface area (Å²) in [4.78, 5) is 3.10. The van der Waals surface area contributed by atoms with Gasteiger partial charge in [0.05, 0.1) is 30.3 Å². The molecule has 0 aromatic heterocycles. The zero-order valence-corrected chi connectivity index (χ0v) is 15.2. The molecule has 0 unspecified atom stereocenters. The van der Waals surface area contributed by atoms with E-state index < -0.39 is 15.9 Å². The molecule has 24 heavy (non-hydrogen) atoms. The number of fused-ring (bicyclic) bond motifs is 2. The van der Waals surface area contributed by atoms with Crippen LogP contribution in [0.15, 0.2) is 22.7 Å². The van der Waals surface area contributed by atoms with Crippen molar-refractivity contribution in [1.29, 1.82) is 10.5 Å². The Labute approximate surface area is 151 Å². The molecule has 1 saturated carbocycles. The lowest BCUT2D eigenvalue weighted by molar-refractivity contribution is -0.583. The van der Waals surface area contributed by atoms with E-state index in [-0.39, 0.29) is 5.92 Å². The number of hydrogen-bond acceptors (Lipinski definition) is 6. The molecule has 2 heterocycles. The van der Waals surface area contributed by atoms with Crippen molar-refractivity contribution < 1.29 is 14.5 Å². The Bertz CT molecular complexity index is 855. The fourth-order valence-electron chi connectivity index (χ4n) is 4.18. The Hall–Kier alpha value is -1.74. The van der Waals surface area contributed by atoms with Crippen LogP contribution in [0.2, 0.25) is 0 Å². The first-order chi connectivity index (χ1) is 11.5. The molecule has 1 spiro atoms. The Kier molecular flexibility index (Phi) is 3.21. The zero-order chi connectivity index (χ0) is 17.2. The smallest absolute Gasteiger partial charge is 0.277 e. The van der Waals surface area contributed by atoms with Crippen LogP contribution in [0.5, 0.6) is 5.75 Å². The first-order valence-electron chi connectivity index (χ1n) is 7.38. The molecular weight excluding hydrogens is 392 g/mol. The minimum atomic E-state index is -1.09. The second kappa shape index (κ2) is 4.89. The van der Waals surface area contributed by atoms with Gasteiger partial charge in [-0.05, 0) is 33.6 Å². The number of hydrogen-bond donors (Lipinski definition) is 2. The number of amidine groups is 1. The predicted octanol–water partition coefficient (Wildman–Crippen LogP) is 0.443. The summed E-state index contributed by atoms with van der Waals surface area (Å²) in [5.41, 5.74) is 4.93. The molecule has 2 aliphatic heterocycles. The Balaban J connectivity index is 1.89. The van der Waals surface area contributed by atoms with Crippen LogP contribution in [0.4, 0.5) is 0 Å². The average Bonchev–Trinajstić information content (AvgIpc) is 2.84. The maximum atomic E-state index is 10.1. The summed E-state index contributed by atoms with van der Waals surface area (Å²) in [6.45, 7) is 0.523. The van der Waals surface area contributed by atoms with E-state index in [1.807, 2.05) is 18.2 Å². The maximum Gasteiger partial charge on any atom is 0.277 e. The van der Waals surface area contributed by atoms with E-state index >= 15 is 0 Å². The van der Waals surface area contributed by atoms with E-state index in [2.05, 4.69) is 33.1 Å². The summed E-state index contributed by atoms with van der Waals surface area (Å²) in [6, 6.07) is 10.3. The summed E-state index contributed by atoms with van der Waals surface area (Å²) in [6.07, 6.45) is 0. The Morgan fingerprint density at radius 3 is 2.79 bits per heavy atom.